The largest absolute Gasteiger partial charge is 0.368 e. The maximum Gasteiger partial charge on any atom is 0.222 e. The van der Waals surface area contributed by atoms with Gasteiger partial charge in [-0.1, -0.05) is 42.5 Å². The molecule has 1 aromatic heterocycles. The van der Waals surface area contributed by atoms with E-state index in [1.54, 1.807) is 0 Å². The molecule has 0 radical (unpaired) electrons. The molecule has 132 valence electrons. The number of nitrogens with one attached hydrogen (secondary N) is 1. The lowest BCUT2D eigenvalue weighted by Crippen LogP contribution is -2.40. The summed E-state index contributed by atoms with van der Waals surface area (Å²) in [5.74, 6) is 1.99. The number of nitrogens with zero attached hydrogens (tertiary/aromatic N) is 3. The molecular formula is C21H23N5. The van der Waals surface area contributed by atoms with E-state index in [2.05, 4.69) is 68.7 Å². The van der Waals surface area contributed by atoms with E-state index in [4.69, 9.17) is 5.73 Å². The Bertz CT molecular complexity index is 935. The number of anilines is 2. The lowest BCUT2D eigenvalue weighted by Gasteiger charge is -2.24. The van der Waals surface area contributed by atoms with E-state index in [0.717, 1.165) is 36.7 Å². The molecule has 5 nitrogen and oxygen atoms in total. The quantitative estimate of drug-likeness (QED) is 0.747. The highest BCUT2D eigenvalue weighted by Crippen LogP contribution is 2.32. The summed E-state index contributed by atoms with van der Waals surface area (Å²) in [6.07, 6.45) is 2.56. The predicted molar refractivity (Wildman–Crippen MR) is 106 cm³/mol. The molecule has 3 N–H and O–H groups in total. The topological polar surface area (TPSA) is 67.1 Å². The van der Waals surface area contributed by atoms with Crippen LogP contribution in [0.4, 0.5) is 11.8 Å². The second-order valence-electron chi connectivity index (χ2n) is 7.36. The first-order valence-electron chi connectivity index (χ1n) is 9.39. The molecule has 2 aliphatic rings. The molecule has 0 saturated carbocycles. The Labute approximate surface area is 153 Å². The van der Waals surface area contributed by atoms with Gasteiger partial charge in [-0.25, -0.2) is 4.98 Å². The van der Waals surface area contributed by atoms with Crippen molar-refractivity contribution in [2.45, 2.75) is 18.9 Å². The van der Waals surface area contributed by atoms with Gasteiger partial charge in [-0.05, 0) is 36.1 Å². The number of aromatic nitrogens is 2. The lowest BCUT2D eigenvalue weighted by atomic mass is 9.94. The number of hydrogen-bond donors (Lipinski definition) is 2. The van der Waals surface area contributed by atoms with Gasteiger partial charge in [0.15, 0.2) is 0 Å². The van der Waals surface area contributed by atoms with E-state index in [1.807, 2.05) is 0 Å². The highest BCUT2D eigenvalue weighted by atomic mass is 15.3. The molecule has 5 heteroatoms. The summed E-state index contributed by atoms with van der Waals surface area (Å²) in [6, 6.07) is 17.4. The Kier molecular flexibility index (Phi) is 3.75. The highest BCUT2D eigenvalue weighted by Gasteiger charge is 2.35. The van der Waals surface area contributed by atoms with Crippen molar-refractivity contribution in [1.29, 1.82) is 0 Å². The molecule has 5 rings (SSSR count). The van der Waals surface area contributed by atoms with Gasteiger partial charge in [-0.2, -0.15) is 4.98 Å². The van der Waals surface area contributed by atoms with Crippen molar-refractivity contribution in [1.82, 2.24) is 15.3 Å². The summed E-state index contributed by atoms with van der Waals surface area (Å²) in [5, 5.41) is 6.05. The number of fused-ring (bicyclic) bond motifs is 2. The molecule has 2 aromatic carbocycles. The number of benzene rings is 2. The van der Waals surface area contributed by atoms with Crippen molar-refractivity contribution in [3.05, 3.63) is 48.5 Å². The minimum absolute atomic E-state index is 0.341. The van der Waals surface area contributed by atoms with Crippen LogP contribution in [-0.4, -0.2) is 35.6 Å². The maximum atomic E-state index is 6.09. The molecule has 0 aliphatic carbocycles. The van der Waals surface area contributed by atoms with Crippen LogP contribution in [0.1, 0.15) is 12.8 Å². The summed E-state index contributed by atoms with van der Waals surface area (Å²) in [7, 11) is 0. The molecule has 2 aliphatic heterocycles. The summed E-state index contributed by atoms with van der Waals surface area (Å²) < 4.78 is 0. The van der Waals surface area contributed by atoms with Gasteiger partial charge in [0, 0.05) is 30.8 Å². The van der Waals surface area contributed by atoms with Crippen LogP contribution in [0.5, 0.6) is 0 Å². The van der Waals surface area contributed by atoms with E-state index < -0.39 is 0 Å². The van der Waals surface area contributed by atoms with Crippen molar-refractivity contribution in [2.75, 3.05) is 30.3 Å². The smallest absolute Gasteiger partial charge is 0.222 e. The van der Waals surface area contributed by atoms with Crippen LogP contribution in [0, 0.1) is 5.92 Å². The SMILES string of the molecule is Nc1nc(-c2cccc3ccccc23)cc(N2CC3CCCNC3C2)n1. The summed E-state index contributed by atoms with van der Waals surface area (Å²) in [5.41, 5.74) is 8.09. The van der Waals surface area contributed by atoms with Crippen molar-refractivity contribution in [3.8, 4) is 11.3 Å². The molecule has 0 bridgehead atoms. The Hall–Kier alpha value is -2.66. The number of nitrogen functional groups attached to an aromatic ring is 1. The fraction of sp³-hybridized carbons (Fsp3) is 0.333. The molecule has 26 heavy (non-hydrogen) atoms. The zero-order valence-electron chi connectivity index (χ0n) is 14.7. The van der Waals surface area contributed by atoms with E-state index in [-0.39, 0.29) is 0 Å². The zero-order valence-corrected chi connectivity index (χ0v) is 14.7. The molecule has 2 atom stereocenters. The minimum Gasteiger partial charge on any atom is -0.368 e. The third-order valence-electron chi connectivity index (χ3n) is 5.72. The molecule has 3 heterocycles. The van der Waals surface area contributed by atoms with Gasteiger partial charge in [0.1, 0.15) is 5.82 Å². The Morgan fingerprint density at radius 2 is 1.92 bits per heavy atom. The van der Waals surface area contributed by atoms with Crippen LogP contribution in [0.15, 0.2) is 48.5 Å². The number of nitrogens with two attached hydrogens (primary N) is 1. The van der Waals surface area contributed by atoms with Crippen LogP contribution in [0.2, 0.25) is 0 Å². The zero-order chi connectivity index (χ0) is 17.5. The average molecular weight is 345 g/mol. The van der Waals surface area contributed by atoms with E-state index in [9.17, 15) is 0 Å². The first-order chi connectivity index (χ1) is 12.8. The first-order valence-corrected chi connectivity index (χ1v) is 9.39. The van der Waals surface area contributed by atoms with Gasteiger partial charge in [-0.15, -0.1) is 0 Å². The second-order valence-corrected chi connectivity index (χ2v) is 7.36. The molecular weight excluding hydrogens is 322 g/mol. The standard InChI is InChI=1S/C21H23N5/c22-21-24-18(17-9-3-6-14-5-1-2-8-16(14)17)11-20(25-21)26-12-15-7-4-10-23-19(15)13-26/h1-3,5-6,8-9,11,15,19,23H,4,7,10,12-13H2,(H2,22,24,25). The van der Waals surface area contributed by atoms with Gasteiger partial charge in [0.2, 0.25) is 5.95 Å². The summed E-state index contributed by atoms with van der Waals surface area (Å²) >= 11 is 0. The predicted octanol–water partition coefficient (Wildman–Crippen LogP) is 3.07. The number of rotatable bonds is 2. The summed E-state index contributed by atoms with van der Waals surface area (Å²) in [6.45, 7) is 3.17. The molecule has 0 spiro atoms. The molecule has 3 aromatic rings. The van der Waals surface area contributed by atoms with Gasteiger partial charge in [0.25, 0.3) is 0 Å². The molecule has 2 saturated heterocycles. The molecule has 2 fully saturated rings. The monoisotopic (exact) mass is 345 g/mol. The van der Waals surface area contributed by atoms with E-state index in [1.165, 1.54) is 23.6 Å². The van der Waals surface area contributed by atoms with Crippen LogP contribution >= 0.6 is 0 Å². The van der Waals surface area contributed by atoms with Gasteiger partial charge in [-0.3, -0.25) is 0 Å². The lowest BCUT2D eigenvalue weighted by molar-refractivity contribution is 0.340. The Morgan fingerprint density at radius 1 is 1.04 bits per heavy atom. The fourth-order valence-corrected chi connectivity index (χ4v) is 4.44. The highest BCUT2D eigenvalue weighted by molar-refractivity contribution is 5.96. The number of hydrogen-bond acceptors (Lipinski definition) is 5. The third-order valence-corrected chi connectivity index (χ3v) is 5.72. The van der Waals surface area contributed by atoms with E-state index >= 15 is 0 Å². The maximum absolute atomic E-state index is 6.09. The van der Waals surface area contributed by atoms with Crippen molar-refractivity contribution < 1.29 is 0 Å². The van der Waals surface area contributed by atoms with Gasteiger partial charge < -0.3 is 16.0 Å². The minimum atomic E-state index is 0.341. The molecule has 0 amide bonds. The van der Waals surface area contributed by atoms with Crippen LogP contribution in [0.3, 0.4) is 0 Å². The normalized spacial score (nSPS) is 22.5. The Balaban J connectivity index is 1.55. The Morgan fingerprint density at radius 3 is 2.85 bits per heavy atom. The third kappa shape index (κ3) is 2.69. The van der Waals surface area contributed by atoms with Crippen molar-refractivity contribution in [3.63, 3.8) is 0 Å². The van der Waals surface area contributed by atoms with E-state index in [0.29, 0.717) is 17.9 Å². The first kappa shape index (κ1) is 15.6. The van der Waals surface area contributed by atoms with Crippen LogP contribution < -0.4 is 16.0 Å². The molecule has 2 unspecified atom stereocenters. The summed E-state index contributed by atoms with van der Waals surface area (Å²) in [4.78, 5) is 11.4. The number of piperidine rings is 1. The van der Waals surface area contributed by atoms with Gasteiger partial charge in [0.05, 0.1) is 5.69 Å². The van der Waals surface area contributed by atoms with Crippen LogP contribution in [0.25, 0.3) is 22.0 Å². The van der Waals surface area contributed by atoms with Crippen molar-refractivity contribution >= 4 is 22.5 Å². The van der Waals surface area contributed by atoms with Crippen LogP contribution in [-0.2, 0) is 0 Å². The van der Waals surface area contributed by atoms with Gasteiger partial charge >= 0.3 is 0 Å². The average Bonchev–Trinajstić information content (AvgIpc) is 3.11. The second kappa shape index (κ2) is 6.25. The fourth-order valence-electron chi connectivity index (χ4n) is 4.44. The van der Waals surface area contributed by atoms with Crippen molar-refractivity contribution in [2.24, 2.45) is 5.92 Å².